The topological polar surface area (TPSA) is 73.8 Å². The Morgan fingerprint density at radius 2 is 1.74 bits per heavy atom. The SMILES string of the molecule is CN1C2CCC1(COc1nc(N3CC4CCC(C3)N4)c3ccc(-c4cc(O)cc5ccccc45)cc3n1)CC2. The van der Waals surface area contributed by atoms with Crippen LogP contribution in [0.3, 0.4) is 0 Å². The Balaban J connectivity index is 1.22. The summed E-state index contributed by atoms with van der Waals surface area (Å²) in [5.41, 5.74) is 3.02. The van der Waals surface area contributed by atoms with Gasteiger partial charge in [0.15, 0.2) is 0 Å². The van der Waals surface area contributed by atoms with Gasteiger partial charge in [0, 0.05) is 36.6 Å². The third-order valence-electron chi connectivity index (χ3n) is 9.98. The summed E-state index contributed by atoms with van der Waals surface area (Å²) in [4.78, 5) is 15.0. The number of rotatable bonds is 5. The van der Waals surface area contributed by atoms with Crippen molar-refractivity contribution in [3.63, 3.8) is 0 Å². The van der Waals surface area contributed by atoms with E-state index in [2.05, 4.69) is 46.4 Å². The number of likely N-dealkylation sites (N-methyl/N-ethyl adjacent to an activating group) is 1. The second kappa shape index (κ2) is 8.80. The highest BCUT2D eigenvalue weighted by atomic mass is 16.5. The molecule has 2 N–H and O–H groups in total. The van der Waals surface area contributed by atoms with Gasteiger partial charge in [0.1, 0.15) is 18.2 Å². The largest absolute Gasteiger partial charge is 0.508 e. The highest BCUT2D eigenvalue weighted by Crippen LogP contribution is 2.45. The summed E-state index contributed by atoms with van der Waals surface area (Å²) in [6, 6.07) is 20.5. The predicted octanol–water partition coefficient (Wildman–Crippen LogP) is 5.10. The number of hydrogen-bond acceptors (Lipinski definition) is 7. The molecule has 1 aromatic heterocycles. The number of aromatic nitrogens is 2. The van der Waals surface area contributed by atoms with Crippen molar-refractivity contribution in [2.75, 3.05) is 31.6 Å². The van der Waals surface area contributed by atoms with Crippen LogP contribution in [0.4, 0.5) is 5.82 Å². The zero-order valence-corrected chi connectivity index (χ0v) is 22.4. The van der Waals surface area contributed by atoms with E-state index >= 15 is 0 Å². The second-order valence-corrected chi connectivity index (χ2v) is 12.2. The molecule has 4 aromatic rings. The van der Waals surface area contributed by atoms with Crippen LogP contribution in [0.5, 0.6) is 11.8 Å². The first-order chi connectivity index (χ1) is 19.0. The van der Waals surface area contributed by atoms with Crippen molar-refractivity contribution in [1.29, 1.82) is 0 Å². The summed E-state index contributed by atoms with van der Waals surface area (Å²) in [7, 11) is 2.25. The van der Waals surface area contributed by atoms with Gasteiger partial charge in [-0.25, -0.2) is 0 Å². The van der Waals surface area contributed by atoms with E-state index in [1.165, 1.54) is 38.5 Å². The van der Waals surface area contributed by atoms with Crippen LogP contribution >= 0.6 is 0 Å². The van der Waals surface area contributed by atoms with E-state index in [1.54, 1.807) is 0 Å². The van der Waals surface area contributed by atoms with Gasteiger partial charge in [-0.1, -0.05) is 30.3 Å². The molecule has 0 radical (unpaired) electrons. The zero-order valence-electron chi connectivity index (χ0n) is 22.4. The molecule has 0 saturated carbocycles. The standard InChI is InChI=1S/C32H35N5O2/c1-36-24-10-12-32(36,13-11-24)19-39-31-34-29-15-21(28-16-25(38)14-20-4-2-3-5-26(20)28)6-9-27(29)30(35-31)37-17-22-7-8-23(18-37)33-22/h2-6,9,14-16,22-24,33,38H,7-8,10-13,17-19H2,1H3. The Bertz CT molecular complexity index is 1570. The average molecular weight is 522 g/mol. The van der Waals surface area contributed by atoms with E-state index in [9.17, 15) is 5.11 Å². The number of hydrogen-bond donors (Lipinski definition) is 2. The van der Waals surface area contributed by atoms with Crippen molar-refractivity contribution in [3.05, 3.63) is 54.6 Å². The minimum atomic E-state index is 0.111. The Labute approximate surface area is 228 Å². The first-order valence-electron chi connectivity index (χ1n) is 14.5. The highest BCUT2D eigenvalue weighted by molar-refractivity contribution is 6.00. The normalized spacial score (nSPS) is 28.1. The first-order valence-corrected chi connectivity index (χ1v) is 14.5. The number of piperazine rings is 1. The minimum Gasteiger partial charge on any atom is -0.508 e. The Morgan fingerprint density at radius 1 is 0.949 bits per heavy atom. The van der Waals surface area contributed by atoms with Crippen LogP contribution in [0.15, 0.2) is 54.6 Å². The monoisotopic (exact) mass is 521 g/mol. The van der Waals surface area contributed by atoms with E-state index < -0.39 is 0 Å². The molecule has 2 atom stereocenters. The Hall–Kier alpha value is -3.42. The maximum Gasteiger partial charge on any atom is 0.319 e. The number of anilines is 1. The molecule has 7 nitrogen and oxygen atoms in total. The number of aromatic hydroxyl groups is 1. The van der Waals surface area contributed by atoms with Gasteiger partial charge in [0.25, 0.3) is 0 Å². The average Bonchev–Trinajstić information content (AvgIpc) is 3.58. The fourth-order valence-electron chi connectivity index (χ4n) is 7.78. The molecule has 4 aliphatic rings. The van der Waals surface area contributed by atoms with Gasteiger partial charge in [0.2, 0.25) is 0 Å². The van der Waals surface area contributed by atoms with Crippen LogP contribution in [0, 0.1) is 0 Å². The lowest BCUT2D eigenvalue weighted by Crippen LogP contribution is -2.51. The van der Waals surface area contributed by atoms with E-state index in [0.29, 0.717) is 30.7 Å². The molecule has 200 valence electrons. The summed E-state index contributed by atoms with van der Waals surface area (Å²) in [6.45, 7) is 2.54. The van der Waals surface area contributed by atoms with Crippen LogP contribution in [0.25, 0.3) is 32.8 Å². The summed E-state index contributed by atoms with van der Waals surface area (Å²) in [6.07, 6.45) is 7.33. The predicted molar refractivity (Wildman–Crippen MR) is 155 cm³/mol. The molecule has 4 saturated heterocycles. The quantitative estimate of drug-likeness (QED) is 0.378. The van der Waals surface area contributed by atoms with E-state index in [4.69, 9.17) is 14.7 Å². The van der Waals surface area contributed by atoms with Gasteiger partial charge in [-0.3, -0.25) is 4.90 Å². The maximum absolute atomic E-state index is 10.5. The number of fused-ring (bicyclic) bond motifs is 6. The number of benzene rings is 3. The van der Waals surface area contributed by atoms with Gasteiger partial charge in [0.05, 0.1) is 11.1 Å². The second-order valence-electron chi connectivity index (χ2n) is 12.2. The lowest BCUT2D eigenvalue weighted by Gasteiger charge is -2.34. The Morgan fingerprint density at radius 3 is 2.51 bits per heavy atom. The van der Waals surface area contributed by atoms with Crippen LogP contribution in [-0.2, 0) is 0 Å². The van der Waals surface area contributed by atoms with Crippen molar-refractivity contribution in [2.45, 2.75) is 62.2 Å². The number of phenols is 1. The zero-order chi connectivity index (χ0) is 26.1. The Kier molecular flexibility index (Phi) is 5.29. The molecule has 0 spiro atoms. The van der Waals surface area contributed by atoms with Gasteiger partial charge >= 0.3 is 6.01 Å². The van der Waals surface area contributed by atoms with Crippen molar-refractivity contribution < 1.29 is 9.84 Å². The highest BCUT2D eigenvalue weighted by Gasteiger charge is 2.50. The summed E-state index contributed by atoms with van der Waals surface area (Å²) < 4.78 is 6.48. The number of nitrogens with one attached hydrogen (secondary N) is 1. The van der Waals surface area contributed by atoms with E-state index in [-0.39, 0.29) is 11.3 Å². The van der Waals surface area contributed by atoms with Crippen LogP contribution in [0.1, 0.15) is 38.5 Å². The van der Waals surface area contributed by atoms with Crippen LogP contribution in [0.2, 0.25) is 0 Å². The smallest absolute Gasteiger partial charge is 0.319 e. The molecule has 3 aromatic carbocycles. The first kappa shape index (κ1) is 23.5. The molecule has 2 unspecified atom stereocenters. The van der Waals surface area contributed by atoms with Crippen molar-refractivity contribution in [3.8, 4) is 22.9 Å². The van der Waals surface area contributed by atoms with E-state index in [1.807, 2.05) is 30.3 Å². The molecule has 0 amide bonds. The van der Waals surface area contributed by atoms with Gasteiger partial charge in [-0.05, 0) is 91.7 Å². The molecular formula is C32H35N5O2. The van der Waals surface area contributed by atoms with Crippen LogP contribution < -0.4 is 15.0 Å². The summed E-state index contributed by atoms with van der Waals surface area (Å²) in [5.74, 6) is 1.24. The molecule has 4 fully saturated rings. The molecule has 39 heavy (non-hydrogen) atoms. The molecule has 4 bridgehead atoms. The third kappa shape index (κ3) is 3.85. The van der Waals surface area contributed by atoms with Gasteiger partial charge in [-0.2, -0.15) is 9.97 Å². The molecule has 5 heterocycles. The number of phenolic OH excluding ortho intramolecular Hbond substituents is 1. The molecular weight excluding hydrogens is 486 g/mol. The molecule has 4 aliphatic heterocycles. The van der Waals surface area contributed by atoms with Crippen molar-refractivity contribution >= 4 is 27.5 Å². The third-order valence-corrected chi connectivity index (χ3v) is 9.98. The lowest BCUT2D eigenvalue weighted by molar-refractivity contribution is 0.107. The van der Waals surface area contributed by atoms with Crippen molar-refractivity contribution in [2.24, 2.45) is 0 Å². The summed E-state index contributed by atoms with van der Waals surface area (Å²) in [5, 5.41) is 17.4. The number of ether oxygens (including phenoxy) is 1. The maximum atomic E-state index is 10.5. The van der Waals surface area contributed by atoms with Gasteiger partial charge < -0.3 is 20.1 Å². The number of nitrogens with zero attached hydrogens (tertiary/aromatic N) is 4. The summed E-state index contributed by atoms with van der Waals surface area (Å²) >= 11 is 0. The van der Waals surface area contributed by atoms with Crippen molar-refractivity contribution in [1.82, 2.24) is 20.2 Å². The molecule has 0 aliphatic carbocycles. The van der Waals surface area contributed by atoms with Gasteiger partial charge in [-0.15, -0.1) is 0 Å². The molecule has 7 heteroatoms. The minimum absolute atomic E-state index is 0.111. The van der Waals surface area contributed by atoms with Crippen LogP contribution in [-0.4, -0.2) is 70.4 Å². The lowest BCUT2D eigenvalue weighted by atomic mass is 9.88. The molecule has 8 rings (SSSR count). The fraction of sp³-hybridized carbons (Fsp3) is 0.438. The van der Waals surface area contributed by atoms with E-state index in [0.717, 1.165) is 51.7 Å². The fourth-order valence-corrected chi connectivity index (χ4v) is 7.78.